The quantitative estimate of drug-likeness (QED) is 0.122. The lowest BCUT2D eigenvalue weighted by molar-refractivity contribution is 0.423. The van der Waals surface area contributed by atoms with Crippen LogP contribution >= 0.6 is 0 Å². The molecule has 0 aliphatic heterocycles. The second kappa shape index (κ2) is 12.1. The molecule has 5 aromatic rings. The summed E-state index contributed by atoms with van der Waals surface area (Å²) in [7, 11) is 0. The number of hydrazone groups is 1. The molecule has 1 aromatic heterocycles. The molecule has 0 unspecified atom stereocenters. The van der Waals surface area contributed by atoms with Gasteiger partial charge in [0.2, 0.25) is 0 Å². The molecule has 0 amide bonds. The van der Waals surface area contributed by atoms with Crippen molar-refractivity contribution in [2.45, 2.75) is 52.4 Å². The van der Waals surface area contributed by atoms with Crippen molar-refractivity contribution in [1.82, 2.24) is 15.2 Å². The van der Waals surface area contributed by atoms with Crippen LogP contribution in [0.15, 0.2) is 119 Å². The van der Waals surface area contributed by atoms with E-state index in [1.54, 1.807) is 6.21 Å². The summed E-state index contributed by atoms with van der Waals surface area (Å²) in [5, 5.41) is 20.9. The van der Waals surface area contributed by atoms with E-state index >= 15 is 0 Å². The molecule has 5 rings (SSSR count). The zero-order valence-electron chi connectivity index (χ0n) is 25.7. The molecule has 0 aliphatic rings. The van der Waals surface area contributed by atoms with Gasteiger partial charge in [-0.3, -0.25) is 5.43 Å². The first-order chi connectivity index (χ1) is 20.5. The number of aliphatic imine (C=N–C) groups is 1. The van der Waals surface area contributed by atoms with E-state index < -0.39 is 0 Å². The lowest BCUT2D eigenvalue weighted by Crippen LogP contribution is -2.23. The van der Waals surface area contributed by atoms with E-state index in [0.29, 0.717) is 11.6 Å². The second-order valence-electron chi connectivity index (χ2n) is 12.7. The van der Waals surface area contributed by atoms with Gasteiger partial charge in [0, 0.05) is 34.0 Å². The second-order valence-corrected chi connectivity index (χ2v) is 12.7. The third kappa shape index (κ3) is 6.92. The van der Waals surface area contributed by atoms with Gasteiger partial charge in [0.25, 0.3) is 0 Å². The van der Waals surface area contributed by atoms with Crippen LogP contribution in [-0.2, 0) is 10.8 Å². The largest absolute Gasteiger partial charge is 0.507 e. The highest BCUT2D eigenvalue weighted by molar-refractivity contribution is 6.01. The Labute approximate surface area is 254 Å². The Morgan fingerprint density at radius 1 is 0.767 bits per heavy atom. The number of nitrogens with zero attached hydrogens (tertiary/aromatic N) is 4. The predicted octanol–water partition coefficient (Wildman–Crippen LogP) is 8.54. The Bertz CT molecular complexity index is 1710. The summed E-state index contributed by atoms with van der Waals surface area (Å²) >= 11 is 0. The number of phenolic OH excluding ortho intramolecular Hbond substituents is 1. The molecule has 2 N–H and O–H groups in total. The van der Waals surface area contributed by atoms with Crippen molar-refractivity contribution in [2.24, 2.45) is 10.1 Å². The lowest BCUT2D eigenvalue weighted by atomic mass is 9.78. The van der Waals surface area contributed by atoms with Crippen LogP contribution in [-0.4, -0.2) is 26.9 Å². The Morgan fingerprint density at radius 3 is 1.86 bits per heavy atom. The molecular formula is C37H39N5O. The van der Waals surface area contributed by atoms with Crippen LogP contribution < -0.4 is 5.43 Å². The molecule has 0 spiro atoms. The van der Waals surface area contributed by atoms with Gasteiger partial charge in [0.05, 0.1) is 17.6 Å². The molecule has 6 heteroatoms. The first-order valence-corrected chi connectivity index (χ1v) is 14.5. The maximum Gasteiger partial charge on any atom is 0.154 e. The van der Waals surface area contributed by atoms with E-state index in [9.17, 15) is 5.11 Å². The van der Waals surface area contributed by atoms with Crippen LogP contribution in [0.1, 0.15) is 63.8 Å². The van der Waals surface area contributed by atoms with Crippen molar-refractivity contribution in [3.05, 3.63) is 132 Å². The summed E-state index contributed by atoms with van der Waals surface area (Å²) in [5.74, 6) is 0.905. The molecule has 1 heterocycles. The van der Waals surface area contributed by atoms with Gasteiger partial charge in [-0.05, 0) is 47.2 Å². The minimum atomic E-state index is -0.280. The first kappa shape index (κ1) is 29.5. The molecule has 0 bridgehead atoms. The summed E-state index contributed by atoms with van der Waals surface area (Å²) in [6.07, 6.45) is 3.76. The predicted molar refractivity (Wildman–Crippen MR) is 178 cm³/mol. The zero-order chi connectivity index (χ0) is 30.6. The third-order valence-corrected chi connectivity index (χ3v) is 7.18. The van der Waals surface area contributed by atoms with Crippen molar-refractivity contribution in [2.75, 3.05) is 0 Å². The number of phenols is 1. The molecule has 0 fully saturated rings. The van der Waals surface area contributed by atoms with Gasteiger partial charge < -0.3 is 5.11 Å². The van der Waals surface area contributed by atoms with E-state index in [2.05, 4.69) is 47.0 Å². The molecule has 0 saturated heterocycles. The Hall–Kier alpha value is -4.97. The van der Waals surface area contributed by atoms with Gasteiger partial charge in [-0.1, -0.05) is 108 Å². The molecule has 0 radical (unpaired) electrons. The molecule has 0 aliphatic carbocycles. The smallest absolute Gasteiger partial charge is 0.154 e. The summed E-state index contributed by atoms with van der Waals surface area (Å²) in [6, 6.07) is 34.0. The van der Waals surface area contributed by atoms with Gasteiger partial charge in [-0.15, -0.1) is 0 Å². The maximum absolute atomic E-state index is 11.3. The fourth-order valence-corrected chi connectivity index (χ4v) is 4.88. The number of benzene rings is 4. The summed E-state index contributed by atoms with van der Waals surface area (Å²) in [5.41, 5.74) is 9.68. The van der Waals surface area contributed by atoms with Gasteiger partial charge in [0.15, 0.2) is 5.84 Å². The molecule has 0 atom stereocenters. The summed E-state index contributed by atoms with van der Waals surface area (Å²) < 4.78 is 1.87. The number of aromatic nitrogens is 2. The number of hydrogen-bond donors (Lipinski definition) is 2. The third-order valence-electron chi connectivity index (χ3n) is 7.18. The minimum absolute atomic E-state index is 0.280. The van der Waals surface area contributed by atoms with E-state index in [0.717, 1.165) is 44.9 Å². The molecule has 6 nitrogen and oxygen atoms in total. The number of nitrogens with one attached hydrogen (secondary N) is 1. The van der Waals surface area contributed by atoms with E-state index in [1.165, 1.54) is 0 Å². The topological polar surface area (TPSA) is 74.8 Å². The Morgan fingerprint density at radius 2 is 1.30 bits per heavy atom. The Balaban J connectivity index is 1.59. The number of amidine groups is 1. The van der Waals surface area contributed by atoms with Crippen molar-refractivity contribution in [3.8, 4) is 22.7 Å². The van der Waals surface area contributed by atoms with Gasteiger partial charge in [-0.25, -0.2) is 9.67 Å². The van der Waals surface area contributed by atoms with Crippen LogP contribution in [0.2, 0.25) is 0 Å². The molecule has 4 aromatic carbocycles. The zero-order valence-corrected chi connectivity index (χ0v) is 25.7. The van der Waals surface area contributed by atoms with E-state index in [-0.39, 0.29) is 10.8 Å². The number of hydrogen-bond acceptors (Lipinski definition) is 4. The van der Waals surface area contributed by atoms with Gasteiger partial charge >= 0.3 is 0 Å². The summed E-state index contributed by atoms with van der Waals surface area (Å²) in [4.78, 5) is 4.96. The summed E-state index contributed by atoms with van der Waals surface area (Å²) in [6.45, 7) is 12.6. The monoisotopic (exact) mass is 569 g/mol. The number of para-hydroxylation sites is 2. The van der Waals surface area contributed by atoms with Crippen LogP contribution in [0.5, 0.6) is 5.75 Å². The lowest BCUT2D eigenvalue weighted by Gasteiger charge is -2.28. The molecule has 0 saturated carbocycles. The van der Waals surface area contributed by atoms with E-state index in [4.69, 9.17) is 15.2 Å². The van der Waals surface area contributed by atoms with Crippen LogP contribution in [0.4, 0.5) is 5.69 Å². The van der Waals surface area contributed by atoms with Crippen molar-refractivity contribution >= 4 is 17.7 Å². The van der Waals surface area contributed by atoms with Crippen molar-refractivity contribution in [3.63, 3.8) is 0 Å². The number of aromatic hydroxyl groups is 1. The van der Waals surface area contributed by atoms with Crippen molar-refractivity contribution < 1.29 is 5.11 Å². The van der Waals surface area contributed by atoms with Crippen LogP contribution in [0.25, 0.3) is 16.9 Å². The standard InChI is InChI=1S/C37H39N5O/c1-36(2,3)31-22-27(23-32(34(31)43)37(4,5)6)35(39-29-18-12-8-13-19-29)40-38-24-28-25-42(30-20-14-9-15-21-30)41-33(28)26-16-10-7-11-17-26/h7-25,43H,1-6H3,(H,39,40). The molecular weight excluding hydrogens is 530 g/mol. The van der Waals surface area contributed by atoms with Gasteiger partial charge in [-0.2, -0.15) is 10.2 Å². The van der Waals surface area contributed by atoms with Crippen molar-refractivity contribution in [1.29, 1.82) is 0 Å². The number of rotatable bonds is 6. The van der Waals surface area contributed by atoms with Gasteiger partial charge in [0.1, 0.15) is 11.4 Å². The minimum Gasteiger partial charge on any atom is -0.507 e. The molecule has 218 valence electrons. The highest BCUT2D eigenvalue weighted by atomic mass is 16.3. The highest BCUT2D eigenvalue weighted by Crippen LogP contribution is 2.40. The average molecular weight is 570 g/mol. The Kier molecular flexibility index (Phi) is 8.31. The fourth-order valence-electron chi connectivity index (χ4n) is 4.88. The average Bonchev–Trinajstić information content (AvgIpc) is 3.41. The SMILES string of the molecule is CC(C)(C)c1cc(C(=Nc2ccccc2)NN=Cc2cn(-c3ccccc3)nc2-c2ccccc2)cc(C(C)(C)C)c1O. The van der Waals surface area contributed by atoms with E-state index in [1.807, 2.05) is 114 Å². The normalized spacial score (nSPS) is 12.6. The van der Waals surface area contributed by atoms with Crippen LogP contribution in [0.3, 0.4) is 0 Å². The first-order valence-electron chi connectivity index (χ1n) is 14.5. The molecule has 43 heavy (non-hydrogen) atoms. The fraction of sp³-hybridized carbons (Fsp3) is 0.216. The maximum atomic E-state index is 11.3. The van der Waals surface area contributed by atoms with Crippen LogP contribution in [0, 0.1) is 0 Å². The highest BCUT2D eigenvalue weighted by Gasteiger charge is 2.27.